The Morgan fingerprint density at radius 1 is 1.33 bits per heavy atom. The van der Waals surface area contributed by atoms with E-state index < -0.39 is 18.0 Å². The van der Waals surface area contributed by atoms with Crippen LogP contribution in [0.25, 0.3) is 0 Å². The summed E-state index contributed by atoms with van der Waals surface area (Å²) >= 11 is 0. The molecule has 0 aromatic heterocycles. The second-order valence-corrected chi connectivity index (χ2v) is 8.95. The number of aliphatic carboxylic acids is 1. The van der Waals surface area contributed by atoms with Crippen LogP contribution in [0.5, 0.6) is 0 Å². The van der Waals surface area contributed by atoms with Gasteiger partial charge in [-0.2, -0.15) is 0 Å². The molecule has 0 saturated heterocycles. The number of aliphatic hydroxyl groups excluding tert-OH is 2. The number of carboxylic acids is 1. The molecular weight excluding hydrogens is 304 g/mol. The van der Waals surface area contributed by atoms with Crippen molar-refractivity contribution in [1.29, 1.82) is 0 Å². The van der Waals surface area contributed by atoms with Crippen molar-refractivity contribution in [2.24, 2.45) is 28.6 Å². The van der Waals surface area contributed by atoms with Crippen LogP contribution in [0.1, 0.15) is 65.7 Å². The SMILES string of the molecule is C=C1CCC2C(C)(C)CCCC2(C)C1CCC(CO)C(O)C(=O)O. The third-order valence-electron chi connectivity index (χ3n) is 7.08. The molecule has 5 atom stereocenters. The van der Waals surface area contributed by atoms with E-state index >= 15 is 0 Å². The Morgan fingerprint density at radius 2 is 2.00 bits per heavy atom. The van der Waals surface area contributed by atoms with Crippen LogP contribution in [0, 0.1) is 28.6 Å². The molecule has 0 amide bonds. The molecule has 5 unspecified atom stereocenters. The number of carboxylic acid groups (broad SMARTS) is 1. The molecule has 138 valence electrons. The van der Waals surface area contributed by atoms with E-state index in [0.29, 0.717) is 23.7 Å². The monoisotopic (exact) mass is 338 g/mol. The van der Waals surface area contributed by atoms with Crippen LogP contribution < -0.4 is 0 Å². The summed E-state index contributed by atoms with van der Waals surface area (Å²) < 4.78 is 0. The van der Waals surface area contributed by atoms with Crippen LogP contribution in [0.15, 0.2) is 12.2 Å². The minimum atomic E-state index is -1.49. The highest BCUT2D eigenvalue weighted by Gasteiger charge is 2.52. The molecule has 2 fully saturated rings. The number of fused-ring (bicyclic) bond motifs is 1. The van der Waals surface area contributed by atoms with Crippen LogP contribution in [-0.4, -0.2) is 34.0 Å². The molecule has 0 aromatic rings. The Kier molecular flexibility index (Phi) is 5.81. The predicted molar refractivity (Wildman–Crippen MR) is 94.5 cm³/mol. The van der Waals surface area contributed by atoms with Crippen molar-refractivity contribution in [2.75, 3.05) is 6.61 Å². The molecule has 2 aliphatic carbocycles. The molecule has 3 N–H and O–H groups in total. The molecule has 4 nitrogen and oxygen atoms in total. The molecule has 4 heteroatoms. The lowest BCUT2D eigenvalue weighted by molar-refractivity contribution is -0.151. The topological polar surface area (TPSA) is 77.8 Å². The summed E-state index contributed by atoms with van der Waals surface area (Å²) in [4.78, 5) is 11.0. The molecule has 24 heavy (non-hydrogen) atoms. The Hall–Kier alpha value is -0.870. The average molecular weight is 338 g/mol. The standard InChI is InChI=1S/C20H34O4/c1-13-6-9-16-19(2,3)10-5-11-20(16,4)15(13)8-7-14(12-21)17(22)18(23)24/h14-17,21-22H,1,5-12H2,2-4H3,(H,23,24). The second-order valence-electron chi connectivity index (χ2n) is 8.95. The smallest absolute Gasteiger partial charge is 0.332 e. The Labute approximate surface area is 146 Å². The van der Waals surface area contributed by atoms with Gasteiger partial charge in [-0.15, -0.1) is 0 Å². The molecule has 0 bridgehead atoms. The van der Waals surface area contributed by atoms with Gasteiger partial charge in [-0.1, -0.05) is 39.3 Å². The fourth-order valence-corrected chi connectivity index (χ4v) is 5.74. The number of aliphatic hydroxyl groups is 2. The summed E-state index contributed by atoms with van der Waals surface area (Å²) in [5, 5.41) is 28.3. The first-order valence-corrected chi connectivity index (χ1v) is 9.33. The Bertz CT molecular complexity index is 484. The van der Waals surface area contributed by atoms with E-state index in [1.807, 2.05) is 0 Å². The molecule has 0 aliphatic heterocycles. The molecule has 0 aromatic carbocycles. The Morgan fingerprint density at radius 3 is 2.58 bits per heavy atom. The third-order valence-corrected chi connectivity index (χ3v) is 7.08. The summed E-state index contributed by atoms with van der Waals surface area (Å²) in [6.07, 6.45) is 5.76. The fraction of sp³-hybridized carbons (Fsp3) is 0.850. The molecule has 2 aliphatic rings. The third kappa shape index (κ3) is 3.55. The van der Waals surface area contributed by atoms with E-state index in [4.69, 9.17) is 5.11 Å². The van der Waals surface area contributed by atoms with E-state index in [9.17, 15) is 15.0 Å². The molecule has 2 rings (SSSR count). The van der Waals surface area contributed by atoms with Crippen molar-refractivity contribution < 1.29 is 20.1 Å². The molecule has 0 radical (unpaired) electrons. The van der Waals surface area contributed by atoms with Crippen LogP contribution in [0.2, 0.25) is 0 Å². The molecule has 0 heterocycles. The minimum absolute atomic E-state index is 0.200. The number of allylic oxidation sites excluding steroid dienone is 1. The maximum Gasteiger partial charge on any atom is 0.332 e. The van der Waals surface area contributed by atoms with Gasteiger partial charge >= 0.3 is 5.97 Å². The van der Waals surface area contributed by atoms with Crippen molar-refractivity contribution in [3.8, 4) is 0 Å². The van der Waals surface area contributed by atoms with Crippen molar-refractivity contribution in [3.05, 3.63) is 12.2 Å². The summed E-state index contributed by atoms with van der Waals surface area (Å²) in [5.74, 6) is -0.840. The highest BCUT2D eigenvalue weighted by atomic mass is 16.4. The summed E-state index contributed by atoms with van der Waals surface area (Å²) in [5.41, 5.74) is 1.81. The second kappa shape index (κ2) is 7.17. The van der Waals surface area contributed by atoms with Gasteiger partial charge in [-0.25, -0.2) is 4.79 Å². The van der Waals surface area contributed by atoms with E-state index in [-0.39, 0.29) is 12.0 Å². The molecule has 2 saturated carbocycles. The van der Waals surface area contributed by atoms with Crippen molar-refractivity contribution in [2.45, 2.75) is 71.8 Å². The molecular formula is C20H34O4. The number of hydrogen-bond acceptors (Lipinski definition) is 3. The number of hydrogen-bond donors (Lipinski definition) is 3. The maximum absolute atomic E-state index is 11.0. The lowest BCUT2D eigenvalue weighted by Gasteiger charge is -2.58. The van der Waals surface area contributed by atoms with Crippen molar-refractivity contribution >= 4 is 5.97 Å². The summed E-state index contributed by atoms with van der Waals surface area (Å²) in [7, 11) is 0. The maximum atomic E-state index is 11.0. The average Bonchev–Trinajstić information content (AvgIpc) is 2.48. The van der Waals surface area contributed by atoms with Crippen molar-refractivity contribution in [3.63, 3.8) is 0 Å². The normalized spacial score (nSPS) is 35.1. The largest absolute Gasteiger partial charge is 0.479 e. The van der Waals surface area contributed by atoms with Gasteiger partial charge in [0.05, 0.1) is 0 Å². The summed E-state index contributed by atoms with van der Waals surface area (Å²) in [6.45, 7) is 11.2. The van der Waals surface area contributed by atoms with E-state index in [0.717, 1.165) is 12.8 Å². The van der Waals surface area contributed by atoms with Gasteiger partial charge in [-0.3, -0.25) is 0 Å². The van der Waals surface area contributed by atoms with Gasteiger partial charge in [0.2, 0.25) is 0 Å². The fourth-order valence-electron chi connectivity index (χ4n) is 5.74. The first kappa shape index (κ1) is 19.5. The van der Waals surface area contributed by atoms with Gasteiger partial charge < -0.3 is 15.3 Å². The van der Waals surface area contributed by atoms with Crippen LogP contribution >= 0.6 is 0 Å². The zero-order valence-corrected chi connectivity index (χ0v) is 15.4. The number of carbonyl (C=O) groups is 1. The van der Waals surface area contributed by atoms with E-state index in [2.05, 4.69) is 27.4 Å². The highest BCUT2D eigenvalue weighted by molar-refractivity contribution is 5.72. The van der Waals surface area contributed by atoms with E-state index in [1.165, 1.54) is 31.3 Å². The van der Waals surface area contributed by atoms with Crippen molar-refractivity contribution in [1.82, 2.24) is 0 Å². The first-order valence-electron chi connectivity index (χ1n) is 9.33. The predicted octanol–water partition coefficient (Wildman–Crippen LogP) is 3.62. The van der Waals surface area contributed by atoms with Gasteiger partial charge in [0, 0.05) is 12.5 Å². The highest BCUT2D eigenvalue weighted by Crippen LogP contribution is 2.61. The van der Waals surface area contributed by atoms with Gasteiger partial charge in [0.1, 0.15) is 0 Å². The zero-order chi connectivity index (χ0) is 18.1. The lowest BCUT2D eigenvalue weighted by Crippen LogP contribution is -2.49. The van der Waals surface area contributed by atoms with Crippen LogP contribution in [0.3, 0.4) is 0 Å². The minimum Gasteiger partial charge on any atom is -0.479 e. The summed E-state index contributed by atoms with van der Waals surface area (Å²) in [6, 6.07) is 0. The quantitative estimate of drug-likeness (QED) is 0.646. The molecule has 0 spiro atoms. The van der Waals surface area contributed by atoms with Gasteiger partial charge in [0.25, 0.3) is 0 Å². The van der Waals surface area contributed by atoms with E-state index in [1.54, 1.807) is 0 Å². The number of rotatable bonds is 6. The van der Waals surface area contributed by atoms with Gasteiger partial charge in [-0.05, 0) is 61.2 Å². The van der Waals surface area contributed by atoms with Crippen LogP contribution in [0.4, 0.5) is 0 Å². The lowest BCUT2D eigenvalue weighted by atomic mass is 9.47. The first-order chi connectivity index (χ1) is 11.1. The zero-order valence-electron chi connectivity index (χ0n) is 15.4. The Balaban J connectivity index is 2.15. The van der Waals surface area contributed by atoms with Gasteiger partial charge in [0.15, 0.2) is 6.10 Å². The van der Waals surface area contributed by atoms with Crippen LogP contribution in [-0.2, 0) is 4.79 Å².